The smallest absolute Gasteiger partial charge is 0.209 e. The van der Waals surface area contributed by atoms with Crippen molar-refractivity contribution >= 4 is 51.7 Å². The van der Waals surface area contributed by atoms with Gasteiger partial charge in [0.05, 0.1) is 6.26 Å². The lowest BCUT2D eigenvalue weighted by Gasteiger charge is -2.26. The van der Waals surface area contributed by atoms with Gasteiger partial charge in [0.1, 0.15) is 0 Å². The molecule has 0 aliphatic heterocycles. The fraction of sp³-hybridized carbons (Fsp3) is 0.562. The third-order valence-corrected chi connectivity index (χ3v) is 5.06. The molecule has 1 aromatic carbocycles. The molecule has 1 rings (SSSR count). The van der Waals surface area contributed by atoms with E-state index in [0.29, 0.717) is 17.8 Å². The molecule has 0 bridgehead atoms. The molecule has 0 radical (unpaired) electrons. The molecular weight excluding hydrogens is 471 g/mol. The van der Waals surface area contributed by atoms with Gasteiger partial charge in [0, 0.05) is 35.8 Å². The minimum atomic E-state index is -3.25. The van der Waals surface area contributed by atoms with Gasteiger partial charge in [-0.05, 0) is 26.0 Å². The van der Waals surface area contributed by atoms with Gasteiger partial charge in [0.15, 0.2) is 5.96 Å². The number of guanidine groups is 1. The van der Waals surface area contributed by atoms with Crippen molar-refractivity contribution in [3.05, 3.63) is 30.3 Å². The molecule has 0 fully saturated rings. The van der Waals surface area contributed by atoms with Crippen molar-refractivity contribution in [1.82, 2.24) is 15.4 Å². The Morgan fingerprint density at radius 1 is 1.24 bits per heavy atom. The summed E-state index contributed by atoms with van der Waals surface area (Å²) < 4.78 is 25.3. The number of nitrogens with one attached hydrogen (secondary N) is 3. The first kappa shape index (κ1) is 24.5. The highest BCUT2D eigenvalue weighted by atomic mass is 127. The largest absolute Gasteiger partial charge is 0.355 e. The molecule has 3 N–H and O–H groups in total. The molecule has 0 saturated carbocycles. The van der Waals surface area contributed by atoms with Crippen LogP contribution >= 0.6 is 35.7 Å². The van der Waals surface area contributed by atoms with Crippen LogP contribution in [0, 0.1) is 0 Å². The van der Waals surface area contributed by atoms with Crippen molar-refractivity contribution in [2.24, 2.45) is 4.99 Å². The minimum Gasteiger partial charge on any atom is -0.355 e. The molecule has 1 aromatic rings. The van der Waals surface area contributed by atoms with E-state index in [1.165, 1.54) is 4.90 Å². The number of aliphatic imine (C=N–C) groups is 1. The lowest BCUT2D eigenvalue weighted by molar-refractivity contribution is 0.446. The second kappa shape index (κ2) is 11.2. The predicted octanol–water partition coefficient (Wildman–Crippen LogP) is 2.28. The maximum Gasteiger partial charge on any atom is 0.209 e. The maximum atomic E-state index is 11.4. The van der Waals surface area contributed by atoms with E-state index < -0.39 is 15.6 Å². The molecule has 1 atom stereocenters. The number of benzene rings is 1. The van der Waals surface area contributed by atoms with Crippen LogP contribution in [0.1, 0.15) is 20.8 Å². The molecule has 0 heterocycles. The third-order valence-electron chi connectivity index (χ3n) is 3.02. The van der Waals surface area contributed by atoms with Crippen LogP contribution in [0.5, 0.6) is 0 Å². The Hall–Kier alpha value is -0.520. The summed E-state index contributed by atoms with van der Waals surface area (Å²) in [4.78, 5) is 5.40. The van der Waals surface area contributed by atoms with Crippen LogP contribution in [-0.4, -0.2) is 51.6 Å². The molecule has 0 aromatic heterocycles. The van der Waals surface area contributed by atoms with E-state index >= 15 is 0 Å². The highest BCUT2D eigenvalue weighted by Gasteiger charge is 2.22. The van der Waals surface area contributed by atoms with Crippen molar-refractivity contribution in [2.75, 3.05) is 26.4 Å². The van der Waals surface area contributed by atoms with E-state index in [9.17, 15) is 8.42 Å². The average Bonchev–Trinajstić information content (AvgIpc) is 2.46. The van der Waals surface area contributed by atoms with Crippen molar-refractivity contribution in [2.45, 2.75) is 36.5 Å². The molecule has 0 aliphatic carbocycles. The molecule has 25 heavy (non-hydrogen) atoms. The van der Waals surface area contributed by atoms with Gasteiger partial charge in [-0.2, -0.15) is 0 Å². The molecule has 6 nitrogen and oxygen atoms in total. The average molecular weight is 500 g/mol. The van der Waals surface area contributed by atoms with Crippen LogP contribution in [0.3, 0.4) is 0 Å². The van der Waals surface area contributed by atoms with Gasteiger partial charge in [0.2, 0.25) is 10.0 Å². The maximum absolute atomic E-state index is 11.4. The molecule has 0 aliphatic rings. The molecule has 9 heteroatoms. The highest BCUT2D eigenvalue weighted by molar-refractivity contribution is 14.0. The Kier molecular flexibility index (Phi) is 11.0. The Morgan fingerprint density at radius 3 is 2.36 bits per heavy atom. The molecular formula is C16H29IN4O2S2. The van der Waals surface area contributed by atoms with Crippen LogP contribution in [0.25, 0.3) is 0 Å². The summed E-state index contributed by atoms with van der Waals surface area (Å²) in [6.07, 6.45) is 1.16. The SMILES string of the molecule is CN=C(NCC(C)Sc1ccccc1)NCC(C)(C)NS(C)(=O)=O.I. The Labute approximate surface area is 173 Å². The van der Waals surface area contributed by atoms with E-state index in [0.717, 1.165) is 12.8 Å². The van der Waals surface area contributed by atoms with Gasteiger partial charge >= 0.3 is 0 Å². The third kappa shape index (κ3) is 11.7. The van der Waals surface area contributed by atoms with Crippen molar-refractivity contribution in [3.63, 3.8) is 0 Å². The lowest BCUT2D eigenvalue weighted by Crippen LogP contribution is -2.53. The number of hydrogen-bond acceptors (Lipinski definition) is 4. The van der Waals surface area contributed by atoms with Crippen LogP contribution in [0.15, 0.2) is 40.2 Å². The molecule has 0 spiro atoms. The first-order valence-corrected chi connectivity index (χ1v) is 10.5. The Balaban J connectivity index is 0.00000576. The predicted molar refractivity (Wildman–Crippen MR) is 119 cm³/mol. The van der Waals surface area contributed by atoms with Crippen molar-refractivity contribution in [3.8, 4) is 0 Å². The number of thioether (sulfide) groups is 1. The number of hydrogen-bond donors (Lipinski definition) is 3. The van der Waals surface area contributed by atoms with Crippen LogP contribution < -0.4 is 15.4 Å². The second-order valence-electron chi connectivity index (χ2n) is 6.31. The van der Waals surface area contributed by atoms with Gasteiger partial charge in [-0.3, -0.25) is 4.99 Å². The summed E-state index contributed by atoms with van der Waals surface area (Å²) >= 11 is 1.79. The number of sulfonamides is 1. The van der Waals surface area contributed by atoms with Gasteiger partial charge < -0.3 is 10.6 Å². The van der Waals surface area contributed by atoms with Gasteiger partial charge in [-0.25, -0.2) is 13.1 Å². The van der Waals surface area contributed by atoms with E-state index in [1.54, 1.807) is 18.8 Å². The summed E-state index contributed by atoms with van der Waals surface area (Å²) in [6.45, 7) is 6.97. The van der Waals surface area contributed by atoms with E-state index in [2.05, 4.69) is 39.4 Å². The first-order chi connectivity index (χ1) is 11.1. The minimum absolute atomic E-state index is 0. The van der Waals surface area contributed by atoms with Crippen LogP contribution in [0.2, 0.25) is 0 Å². The van der Waals surface area contributed by atoms with Gasteiger partial charge in [-0.1, -0.05) is 25.1 Å². The summed E-state index contributed by atoms with van der Waals surface area (Å²) in [5.41, 5.74) is -0.602. The zero-order valence-corrected chi connectivity index (χ0v) is 19.3. The molecule has 1 unspecified atom stereocenters. The van der Waals surface area contributed by atoms with Gasteiger partial charge in [0.25, 0.3) is 0 Å². The highest BCUT2D eigenvalue weighted by Crippen LogP contribution is 2.21. The fourth-order valence-electron chi connectivity index (χ4n) is 2.08. The Bertz CT molecular complexity index is 637. The van der Waals surface area contributed by atoms with E-state index in [4.69, 9.17) is 0 Å². The zero-order valence-electron chi connectivity index (χ0n) is 15.4. The quantitative estimate of drug-likeness (QED) is 0.221. The van der Waals surface area contributed by atoms with E-state index in [-0.39, 0.29) is 24.0 Å². The van der Waals surface area contributed by atoms with Crippen LogP contribution in [-0.2, 0) is 10.0 Å². The normalized spacial score (nSPS) is 13.7. The van der Waals surface area contributed by atoms with Crippen molar-refractivity contribution < 1.29 is 8.42 Å². The van der Waals surface area contributed by atoms with Gasteiger partial charge in [-0.15, -0.1) is 35.7 Å². The second-order valence-corrected chi connectivity index (χ2v) is 9.57. The standard InChI is InChI=1S/C16H28N4O2S2.HI/c1-13(23-14-9-7-6-8-10-14)11-18-15(17-4)19-12-16(2,3)20-24(5,21)22;/h6-10,13,20H,11-12H2,1-5H3,(H2,17,18,19);1H. The Morgan fingerprint density at radius 2 is 1.84 bits per heavy atom. The molecule has 0 amide bonds. The number of nitrogens with zero attached hydrogens (tertiary/aromatic N) is 1. The summed E-state index contributed by atoms with van der Waals surface area (Å²) in [5, 5.41) is 6.79. The topological polar surface area (TPSA) is 82.6 Å². The van der Waals surface area contributed by atoms with E-state index in [1.807, 2.05) is 32.0 Å². The monoisotopic (exact) mass is 500 g/mol. The lowest BCUT2D eigenvalue weighted by atomic mass is 10.1. The van der Waals surface area contributed by atoms with Crippen molar-refractivity contribution in [1.29, 1.82) is 0 Å². The molecule has 0 saturated heterocycles. The summed E-state index contributed by atoms with van der Waals surface area (Å²) in [5.74, 6) is 0.652. The number of rotatable bonds is 8. The number of halogens is 1. The van der Waals surface area contributed by atoms with Crippen LogP contribution in [0.4, 0.5) is 0 Å². The zero-order chi connectivity index (χ0) is 18.2. The first-order valence-electron chi connectivity index (χ1n) is 7.76. The summed E-state index contributed by atoms with van der Waals surface area (Å²) in [6, 6.07) is 10.2. The summed E-state index contributed by atoms with van der Waals surface area (Å²) in [7, 11) is -1.55. The molecule has 144 valence electrons. The fourth-order valence-corrected chi connectivity index (χ4v) is 4.10.